The molecular formula is C20H22N2O4. The number of nitrogens with zero attached hydrogens (tertiary/aromatic N) is 1. The molecule has 1 aromatic carbocycles. The largest absolute Gasteiger partial charge is 0.464 e. The molecule has 136 valence electrons. The van der Waals surface area contributed by atoms with Crippen molar-refractivity contribution in [2.45, 2.75) is 38.8 Å². The number of nitrogens with one attached hydrogen (secondary N) is 1. The number of aromatic nitrogens is 1. The van der Waals surface area contributed by atoms with Crippen molar-refractivity contribution in [3.63, 3.8) is 0 Å². The van der Waals surface area contributed by atoms with Crippen molar-refractivity contribution in [1.82, 2.24) is 9.88 Å². The van der Waals surface area contributed by atoms with Crippen molar-refractivity contribution in [3.8, 4) is 0 Å². The Hall–Kier alpha value is -2.89. The van der Waals surface area contributed by atoms with Gasteiger partial charge in [0.25, 0.3) is 0 Å². The number of ether oxygens (including phenoxy) is 1. The molecule has 1 unspecified atom stereocenters. The summed E-state index contributed by atoms with van der Waals surface area (Å²) in [5.74, 6) is -1.10. The Labute approximate surface area is 152 Å². The van der Waals surface area contributed by atoms with E-state index in [1.165, 1.54) is 0 Å². The molecule has 0 fully saturated rings. The van der Waals surface area contributed by atoms with Gasteiger partial charge in [-0.25, -0.2) is 4.79 Å². The van der Waals surface area contributed by atoms with Gasteiger partial charge in [0.15, 0.2) is 0 Å². The topological polar surface area (TPSA) is 77.4 Å². The Morgan fingerprint density at radius 2 is 1.92 bits per heavy atom. The van der Waals surface area contributed by atoms with Crippen molar-refractivity contribution in [1.29, 1.82) is 0 Å². The summed E-state index contributed by atoms with van der Waals surface area (Å²) >= 11 is 0. The van der Waals surface area contributed by atoms with Crippen LogP contribution in [0.1, 0.15) is 47.9 Å². The Bertz CT molecular complexity index is 826. The van der Waals surface area contributed by atoms with Gasteiger partial charge in [0.05, 0.1) is 18.2 Å². The van der Waals surface area contributed by atoms with Crippen LogP contribution in [0.3, 0.4) is 0 Å². The average molecular weight is 354 g/mol. The molecule has 2 atom stereocenters. The molecule has 1 amide bonds. The van der Waals surface area contributed by atoms with Gasteiger partial charge >= 0.3 is 5.97 Å². The lowest BCUT2D eigenvalue weighted by molar-refractivity contribution is -0.147. The van der Waals surface area contributed by atoms with E-state index in [9.17, 15) is 14.4 Å². The third-order valence-corrected chi connectivity index (χ3v) is 4.60. The second kappa shape index (κ2) is 7.56. The maximum absolute atomic E-state index is 12.7. The highest BCUT2D eigenvalue weighted by Gasteiger charge is 2.33. The molecule has 0 aliphatic carbocycles. The van der Waals surface area contributed by atoms with Crippen LogP contribution in [0.5, 0.6) is 0 Å². The van der Waals surface area contributed by atoms with Gasteiger partial charge in [-0.15, -0.1) is 0 Å². The lowest BCUT2D eigenvalue weighted by atomic mass is 10.0. The van der Waals surface area contributed by atoms with Crippen LogP contribution in [0.25, 0.3) is 0 Å². The van der Waals surface area contributed by atoms with Crippen molar-refractivity contribution in [3.05, 3.63) is 59.4 Å². The van der Waals surface area contributed by atoms with Crippen LogP contribution in [0, 0.1) is 0 Å². The van der Waals surface area contributed by atoms with Gasteiger partial charge in [-0.05, 0) is 32.4 Å². The summed E-state index contributed by atoms with van der Waals surface area (Å²) in [7, 11) is 0. The zero-order chi connectivity index (χ0) is 18.7. The number of hydrogen-bond donors (Lipinski definition) is 1. The first-order valence-electron chi connectivity index (χ1n) is 8.79. The average Bonchev–Trinajstić information content (AvgIpc) is 3.23. The predicted octanol–water partition coefficient (Wildman–Crippen LogP) is 2.27. The van der Waals surface area contributed by atoms with Crippen LogP contribution in [-0.4, -0.2) is 34.9 Å². The Kier molecular flexibility index (Phi) is 5.21. The molecule has 6 heteroatoms. The summed E-state index contributed by atoms with van der Waals surface area (Å²) in [4.78, 5) is 37.0. The zero-order valence-corrected chi connectivity index (χ0v) is 14.9. The highest BCUT2D eigenvalue weighted by Crippen LogP contribution is 2.31. The first-order chi connectivity index (χ1) is 12.5. The second-order valence-electron chi connectivity index (χ2n) is 6.31. The van der Waals surface area contributed by atoms with Crippen LogP contribution in [0.2, 0.25) is 0 Å². The molecule has 3 rings (SSSR count). The molecule has 2 aromatic rings. The molecule has 0 radical (unpaired) electrons. The minimum atomic E-state index is -0.697. The number of esters is 1. The quantitative estimate of drug-likeness (QED) is 0.638. The van der Waals surface area contributed by atoms with Crippen LogP contribution in [0.4, 0.5) is 0 Å². The smallest absolute Gasteiger partial charge is 0.328 e. The number of ketones is 1. The summed E-state index contributed by atoms with van der Waals surface area (Å²) in [5, 5.41) is 2.71. The van der Waals surface area contributed by atoms with Gasteiger partial charge in [-0.3, -0.25) is 9.59 Å². The van der Waals surface area contributed by atoms with Gasteiger partial charge in [0, 0.05) is 17.8 Å². The summed E-state index contributed by atoms with van der Waals surface area (Å²) in [5.41, 5.74) is 2.01. The van der Waals surface area contributed by atoms with Gasteiger partial charge in [-0.2, -0.15) is 0 Å². The fourth-order valence-electron chi connectivity index (χ4n) is 3.28. The molecule has 1 N–H and O–H groups in total. The number of amides is 1. The number of carbonyl (C=O) groups is 3. The highest BCUT2D eigenvalue weighted by atomic mass is 16.5. The van der Waals surface area contributed by atoms with E-state index in [1.54, 1.807) is 32.0 Å². The lowest BCUT2D eigenvalue weighted by Gasteiger charge is -2.15. The SMILES string of the molecule is CCOC(=O)[C@H](C)NC(=O)C1CCn2c(C(=O)c3ccccc3)ccc21. The minimum Gasteiger partial charge on any atom is -0.464 e. The van der Waals surface area contributed by atoms with Gasteiger partial charge in [0.1, 0.15) is 6.04 Å². The van der Waals surface area contributed by atoms with Gasteiger partial charge in [-0.1, -0.05) is 30.3 Å². The number of hydrogen-bond acceptors (Lipinski definition) is 4. The van der Waals surface area contributed by atoms with Crippen LogP contribution >= 0.6 is 0 Å². The van der Waals surface area contributed by atoms with E-state index in [0.717, 1.165) is 5.69 Å². The van der Waals surface area contributed by atoms with E-state index >= 15 is 0 Å². The molecular weight excluding hydrogens is 332 g/mol. The normalized spacial score (nSPS) is 16.6. The Balaban J connectivity index is 1.75. The highest BCUT2D eigenvalue weighted by molar-refractivity contribution is 6.08. The van der Waals surface area contributed by atoms with Crippen molar-refractivity contribution < 1.29 is 19.1 Å². The monoisotopic (exact) mass is 354 g/mol. The van der Waals surface area contributed by atoms with E-state index in [-0.39, 0.29) is 24.2 Å². The molecule has 0 bridgehead atoms. The first kappa shape index (κ1) is 17.9. The molecule has 1 aliphatic heterocycles. The van der Waals surface area contributed by atoms with E-state index < -0.39 is 12.0 Å². The molecule has 2 heterocycles. The minimum absolute atomic E-state index is 0.0576. The van der Waals surface area contributed by atoms with Crippen LogP contribution < -0.4 is 5.32 Å². The number of fused-ring (bicyclic) bond motifs is 1. The predicted molar refractivity (Wildman–Crippen MR) is 95.9 cm³/mol. The summed E-state index contributed by atoms with van der Waals surface area (Å²) in [6, 6.07) is 12.0. The standard InChI is InChI=1S/C20H22N2O4/c1-3-26-20(25)13(2)21-19(24)15-11-12-22-16(15)9-10-17(22)18(23)14-7-5-4-6-8-14/h4-10,13,15H,3,11-12H2,1-2H3,(H,21,24)/t13-,15?/m0/s1. The van der Waals surface area contributed by atoms with Crippen LogP contribution in [0.15, 0.2) is 42.5 Å². The van der Waals surface area contributed by atoms with Crippen LogP contribution in [-0.2, 0) is 20.9 Å². The Morgan fingerprint density at radius 3 is 2.62 bits per heavy atom. The van der Waals surface area contributed by atoms with Crippen molar-refractivity contribution in [2.24, 2.45) is 0 Å². The van der Waals surface area contributed by atoms with Crippen molar-refractivity contribution in [2.75, 3.05) is 6.61 Å². The summed E-state index contributed by atoms with van der Waals surface area (Å²) in [6.07, 6.45) is 0.604. The Morgan fingerprint density at radius 1 is 1.19 bits per heavy atom. The number of carbonyl (C=O) groups excluding carboxylic acids is 3. The van der Waals surface area contributed by atoms with E-state index in [0.29, 0.717) is 24.2 Å². The third-order valence-electron chi connectivity index (χ3n) is 4.60. The van der Waals surface area contributed by atoms with E-state index in [2.05, 4.69) is 5.32 Å². The maximum atomic E-state index is 12.7. The molecule has 1 aromatic heterocycles. The zero-order valence-electron chi connectivity index (χ0n) is 14.9. The van der Waals surface area contributed by atoms with E-state index in [1.807, 2.05) is 28.8 Å². The number of rotatable bonds is 6. The molecule has 0 saturated carbocycles. The third kappa shape index (κ3) is 3.40. The van der Waals surface area contributed by atoms with E-state index in [4.69, 9.17) is 4.74 Å². The summed E-state index contributed by atoms with van der Waals surface area (Å²) in [6.45, 7) is 4.20. The molecule has 0 saturated heterocycles. The lowest BCUT2D eigenvalue weighted by Crippen LogP contribution is -2.41. The number of benzene rings is 1. The first-order valence-corrected chi connectivity index (χ1v) is 8.79. The maximum Gasteiger partial charge on any atom is 0.328 e. The second-order valence-corrected chi connectivity index (χ2v) is 6.31. The van der Waals surface area contributed by atoms with Gasteiger partial charge in [0.2, 0.25) is 11.7 Å². The van der Waals surface area contributed by atoms with Crippen molar-refractivity contribution >= 4 is 17.7 Å². The molecule has 1 aliphatic rings. The summed E-state index contributed by atoms with van der Waals surface area (Å²) < 4.78 is 6.82. The molecule has 0 spiro atoms. The molecule has 26 heavy (non-hydrogen) atoms. The van der Waals surface area contributed by atoms with Gasteiger partial charge < -0.3 is 14.6 Å². The fraction of sp³-hybridized carbons (Fsp3) is 0.350. The molecule has 6 nitrogen and oxygen atoms in total. The fourth-order valence-corrected chi connectivity index (χ4v) is 3.28.